The lowest BCUT2D eigenvalue weighted by Crippen LogP contribution is -2.19. The molecule has 0 bridgehead atoms. The van der Waals surface area contributed by atoms with Crippen LogP contribution in [-0.2, 0) is 20.1 Å². The number of imidazole rings is 1. The molecule has 1 aromatic heterocycles. The summed E-state index contributed by atoms with van der Waals surface area (Å²) in [6, 6.07) is 5.25. The molecule has 0 fully saturated rings. The standard InChI is InChI=1S/C14H19N5O2/c1-15-12-5-4-11(8-13(12)19(20)21)9-17(2)10-14-16-6-7-18(14)3/h4-8,15H,9-10H2,1-3H3. The van der Waals surface area contributed by atoms with E-state index in [1.807, 2.05) is 30.9 Å². The highest BCUT2D eigenvalue weighted by molar-refractivity contribution is 5.62. The highest BCUT2D eigenvalue weighted by atomic mass is 16.6. The first-order valence-electron chi connectivity index (χ1n) is 6.61. The molecule has 0 aliphatic carbocycles. The maximum Gasteiger partial charge on any atom is 0.292 e. The van der Waals surface area contributed by atoms with E-state index < -0.39 is 0 Å². The van der Waals surface area contributed by atoms with E-state index in [4.69, 9.17) is 0 Å². The monoisotopic (exact) mass is 289 g/mol. The first-order chi connectivity index (χ1) is 10.0. The molecule has 1 N–H and O–H groups in total. The van der Waals surface area contributed by atoms with Gasteiger partial charge in [0.25, 0.3) is 5.69 Å². The predicted molar refractivity (Wildman–Crippen MR) is 81.0 cm³/mol. The third kappa shape index (κ3) is 3.57. The molecule has 112 valence electrons. The Morgan fingerprint density at radius 3 is 2.76 bits per heavy atom. The summed E-state index contributed by atoms with van der Waals surface area (Å²) in [4.78, 5) is 17.0. The Morgan fingerprint density at radius 2 is 2.19 bits per heavy atom. The maximum absolute atomic E-state index is 11.1. The molecule has 21 heavy (non-hydrogen) atoms. The van der Waals surface area contributed by atoms with Gasteiger partial charge in [0.2, 0.25) is 0 Å². The van der Waals surface area contributed by atoms with Crippen molar-refractivity contribution in [3.05, 3.63) is 52.1 Å². The fraction of sp³-hybridized carbons (Fsp3) is 0.357. The normalized spacial score (nSPS) is 10.9. The Morgan fingerprint density at radius 1 is 1.43 bits per heavy atom. The summed E-state index contributed by atoms with van der Waals surface area (Å²) in [5, 5.41) is 13.9. The molecule has 7 heteroatoms. The molecule has 0 saturated heterocycles. The van der Waals surface area contributed by atoms with Gasteiger partial charge in [-0.2, -0.15) is 0 Å². The molecule has 0 amide bonds. The van der Waals surface area contributed by atoms with E-state index in [1.54, 1.807) is 25.4 Å². The molecule has 0 atom stereocenters. The molecule has 0 aliphatic rings. The Balaban J connectivity index is 2.10. The third-order valence-corrected chi connectivity index (χ3v) is 3.31. The van der Waals surface area contributed by atoms with Gasteiger partial charge in [0.05, 0.1) is 11.5 Å². The number of aryl methyl sites for hydroxylation is 1. The highest BCUT2D eigenvalue weighted by Crippen LogP contribution is 2.25. The fourth-order valence-electron chi connectivity index (χ4n) is 2.20. The average molecular weight is 289 g/mol. The summed E-state index contributed by atoms with van der Waals surface area (Å²) in [5.74, 6) is 0.957. The second-order valence-electron chi connectivity index (χ2n) is 4.99. The van der Waals surface area contributed by atoms with Gasteiger partial charge in [0.1, 0.15) is 11.5 Å². The molecule has 0 aliphatic heterocycles. The van der Waals surface area contributed by atoms with Gasteiger partial charge in [-0.3, -0.25) is 15.0 Å². The number of aromatic nitrogens is 2. The molecule has 0 radical (unpaired) electrons. The topological polar surface area (TPSA) is 76.2 Å². The summed E-state index contributed by atoms with van der Waals surface area (Å²) in [6.07, 6.45) is 3.66. The summed E-state index contributed by atoms with van der Waals surface area (Å²) >= 11 is 0. The number of anilines is 1. The number of nitro groups is 1. The SMILES string of the molecule is CNc1ccc(CN(C)Cc2nccn2C)cc1[N+](=O)[O-]. The van der Waals surface area contributed by atoms with Crippen molar-refractivity contribution < 1.29 is 4.92 Å². The van der Waals surface area contributed by atoms with Crippen LogP contribution >= 0.6 is 0 Å². The number of rotatable bonds is 6. The van der Waals surface area contributed by atoms with E-state index in [2.05, 4.69) is 15.2 Å². The molecular formula is C14H19N5O2. The zero-order chi connectivity index (χ0) is 15.4. The van der Waals surface area contributed by atoms with Crippen LogP contribution in [0.4, 0.5) is 11.4 Å². The van der Waals surface area contributed by atoms with E-state index in [9.17, 15) is 10.1 Å². The first kappa shape index (κ1) is 15.0. The van der Waals surface area contributed by atoms with Crippen LogP contribution < -0.4 is 5.32 Å². The van der Waals surface area contributed by atoms with Gasteiger partial charge in [-0.15, -0.1) is 0 Å². The Bertz CT molecular complexity index is 638. The fourth-order valence-corrected chi connectivity index (χ4v) is 2.20. The maximum atomic E-state index is 11.1. The molecule has 0 spiro atoms. The molecule has 2 rings (SSSR count). The Labute approximate surface area is 123 Å². The second-order valence-corrected chi connectivity index (χ2v) is 4.99. The molecular weight excluding hydrogens is 270 g/mol. The zero-order valence-electron chi connectivity index (χ0n) is 12.4. The number of hydrogen-bond acceptors (Lipinski definition) is 5. The van der Waals surface area contributed by atoms with Gasteiger partial charge in [-0.25, -0.2) is 4.98 Å². The number of nitrogens with one attached hydrogen (secondary N) is 1. The van der Waals surface area contributed by atoms with Gasteiger partial charge >= 0.3 is 0 Å². The van der Waals surface area contributed by atoms with Crippen LogP contribution in [0, 0.1) is 10.1 Å². The van der Waals surface area contributed by atoms with Crippen molar-refractivity contribution in [3.8, 4) is 0 Å². The van der Waals surface area contributed by atoms with Crippen molar-refractivity contribution in [3.63, 3.8) is 0 Å². The minimum absolute atomic E-state index is 0.0976. The van der Waals surface area contributed by atoms with Crippen LogP contribution in [0.1, 0.15) is 11.4 Å². The van der Waals surface area contributed by atoms with Gasteiger partial charge in [0, 0.05) is 39.1 Å². The van der Waals surface area contributed by atoms with Crippen molar-refractivity contribution in [1.82, 2.24) is 14.5 Å². The molecule has 0 unspecified atom stereocenters. The zero-order valence-corrected chi connectivity index (χ0v) is 12.4. The predicted octanol–water partition coefficient (Wildman–Crippen LogP) is 2.00. The summed E-state index contributed by atoms with van der Waals surface area (Å²) < 4.78 is 1.96. The van der Waals surface area contributed by atoms with Crippen LogP contribution in [-0.4, -0.2) is 33.5 Å². The second kappa shape index (κ2) is 6.36. The summed E-state index contributed by atoms with van der Waals surface area (Å²) in [5.41, 5.74) is 1.52. The lowest BCUT2D eigenvalue weighted by molar-refractivity contribution is -0.384. The van der Waals surface area contributed by atoms with Gasteiger partial charge < -0.3 is 9.88 Å². The van der Waals surface area contributed by atoms with Crippen molar-refractivity contribution in [2.75, 3.05) is 19.4 Å². The number of benzene rings is 1. The van der Waals surface area contributed by atoms with E-state index in [0.717, 1.165) is 11.4 Å². The van der Waals surface area contributed by atoms with Crippen molar-refractivity contribution in [2.45, 2.75) is 13.1 Å². The van der Waals surface area contributed by atoms with Crippen molar-refractivity contribution >= 4 is 11.4 Å². The van der Waals surface area contributed by atoms with Gasteiger partial charge in [-0.1, -0.05) is 6.07 Å². The van der Waals surface area contributed by atoms with E-state index in [0.29, 0.717) is 18.8 Å². The average Bonchev–Trinajstić information content (AvgIpc) is 2.84. The number of nitrogens with zero attached hydrogens (tertiary/aromatic N) is 4. The van der Waals surface area contributed by atoms with Crippen molar-refractivity contribution in [1.29, 1.82) is 0 Å². The van der Waals surface area contributed by atoms with Crippen LogP contribution in [0.3, 0.4) is 0 Å². The number of nitro benzene ring substituents is 1. The Hall–Kier alpha value is -2.41. The summed E-state index contributed by atoms with van der Waals surface area (Å²) in [7, 11) is 5.59. The van der Waals surface area contributed by atoms with Crippen LogP contribution in [0.5, 0.6) is 0 Å². The van der Waals surface area contributed by atoms with Crippen LogP contribution in [0.2, 0.25) is 0 Å². The van der Waals surface area contributed by atoms with Gasteiger partial charge in [0.15, 0.2) is 0 Å². The van der Waals surface area contributed by atoms with E-state index in [-0.39, 0.29) is 10.6 Å². The molecule has 1 heterocycles. The quantitative estimate of drug-likeness (QED) is 0.650. The first-order valence-corrected chi connectivity index (χ1v) is 6.61. The molecule has 0 saturated carbocycles. The smallest absolute Gasteiger partial charge is 0.292 e. The highest BCUT2D eigenvalue weighted by Gasteiger charge is 2.14. The third-order valence-electron chi connectivity index (χ3n) is 3.31. The molecule has 1 aromatic carbocycles. The summed E-state index contributed by atoms with van der Waals surface area (Å²) in [6.45, 7) is 1.31. The van der Waals surface area contributed by atoms with Crippen LogP contribution in [0.25, 0.3) is 0 Å². The lowest BCUT2D eigenvalue weighted by Gasteiger charge is -2.16. The molecule has 7 nitrogen and oxygen atoms in total. The largest absolute Gasteiger partial charge is 0.383 e. The van der Waals surface area contributed by atoms with Crippen LogP contribution in [0.15, 0.2) is 30.6 Å². The van der Waals surface area contributed by atoms with E-state index >= 15 is 0 Å². The number of hydrogen-bond donors (Lipinski definition) is 1. The van der Waals surface area contributed by atoms with Crippen molar-refractivity contribution in [2.24, 2.45) is 7.05 Å². The Kier molecular flexibility index (Phi) is 4.54. The molecule has 2 aromatic rings. The van der Waals surface area contributed by atoms with Gasteiger partial charge in [-0.05, 0) is 18.7 Å². The minimum atomic E-state index is -0.367. The minimum Gasteiger partial charge on any atom is -0.383 e. The van der Waals surface area contributed by atoms with E-state index in [1.165, 1.54) is 0 Å². The lowest BCUT2D eigenvalue weighted by atomic mass is 10.1.